The number of rotatable bonds is 5. The summed E-state index contributed by atoms with van der Waals surface area (Å²) in [5.74, 6) is 1.75. The molecule has 8 aromatic rings. The molecule has 0 N–H and O–H groups in total. The highest BCUT2D eigenvalue weighted by Crippen LogP contribution is 2.63. The lowest BCUT2D eigenvalue weighted by Gasteiger charge is -2.46. The summed E-state index contributed by atoms with van der Waals surface area (Å²) in [6.07, 6.45) is 0. The van der Waals surface area contributed by atoms with Crippen molar-refractivity contribution in [3.63, 3.8) is 0 Å². The molecule has 0 radical (unpaired) electrons. The van der Waals surface area contributed by atoms with Crippen LogP contribution in [0.3, 0.4) is 0 Å². The first-order valence-corrected chi connectivity index (χ1v) is 17.9. The first kappa shape index (κ1) is 30.3. The highest BCUT2D eigenvalue weighted by Gasteiger charge is 2.44. The van der Waals surface area contributed by atoms with Crippen LogP contribution < -0.4 is 14.5 Å². The average molecular weight is 669 g/mol. The van der Waals surface area contributed by atoms with Crippen molar-refractivity contribution in [1.29, 1.82) is 0 Å². The van der Waals surface area contributed by atoms with E-state index in [0.717, 1.165) is 45.6 Å². The van der Waals surface area contributed by atoms with E-state index in [2.05, 4.69) is 206 Å². The van der Waals surface area contributed by atoms with Gasteiger partial charge in [-0.05, 0) is 81.7 Å². The van der Waals surface area contributed by atoms with E-state index in [1.165, 1.54) is 44.2 Å². The molecule has 3 heteroatoms. The molecule has 0 fully saturated rings. The van der Waals surface area contributed by atoms with Crippen LogP contribution in [0.1, 0.15) is 25.0 Å². The van der Waals surface area contributed by atoms with Gasteiger partial charge >= 0.3 is 0 Å². The Labute approximate surface area is 304 Å². The molecule has 2 aliphatic rings. The van der Waals surface area contributed by atoms with Crippen molar-refractivity contribution in [1.82, 2.24) is 0 Å². The molecule has 0 saturated carbocycles. The third-order valence-electron chi connectivity index (χ3n) is 10.8. The minimum absolute atomic E-state index is 0.356. The van der Waals surface area contributed by atoms with E-state index in [1.54, 1.807) is 0 Å². The highest BCUT2D eigenvalue weighted by atomic mass is 16.5. The van der Waals surface area contributed by atoms with Crippen molar-refractivity contribution in [2.24, 2.45) is 0 Å². The Morgan fingerprint density at radius 3 is 1.67 bits per heavy atom. The van der Waals surface area contributed by atoms with Gasteiger partial charge in [0.25, 0.3) is 0 Å². The number of para-hydroxylation sites is 1. The van der Waals surface area contributed by atoms with Crippen molar-refractivity contribution in [3.8, 4) is 33.8 Å². The molecule has 0 atom stereocenters. The number of benzene rings is 8. The summed E-state index contributed by atoms with van der Waals surface area (Å²) in [4.78, 5) is 4.90. The number of hydrogen-bond donors (Lipinski definition) is 0. The van der Waals surface area contributed by atoms with E-state index >= 15 is 0 Å². The fourth-order valence-electron chi connectivity index (χ4n) is 8.33. The molecule has 0 aliphatic carbocycles. The van der Waals surface area contributed by atoms with Crippen molar-refractivity contribution >= 4 is 44.9 Å². The number of hydrogen-bond acceptors (Lipinski definition) is 3. The molecule has 3 nitrogen and oxygen atoms in total. The molecule has 0 saturated heterocycles. The first-order valence-electron chi connectivity index (χ1n) is 17.9. The van der Waals surface area contributed by atoms with Crippen LogP contribution in [0.5, 0.6) is 11.5 Å². The van der Waals surface area contributed by atoms with Crippen LogP contribution in [0.25, 0.3) is 33.0 Å². The van der Waals surface area contributed by atoms with Crippen LogP contribution in [0, 0.1) is 0 Å². The summed E-state index contributed by atoms with van der Waals surface area (Å²) in [7, 11) is 0. The second kappa shape index (κ2) is 11.8. The number of ether oxygens (including phenoxy) is 1. The van der Waals surface area contributed by atoms with Crippen LogP contribution in [-0.2, 0) is 5.41 Å². The van der Waals surface area contributed by atoms with Gasteiger partial charge in [0.05, 0.1) is 22.7 Å². The van der Waals surface area contributed by atoms with Gasteiger partial charge in [-0.15, -0.1) is 0 Å². The summed E-state index contributed by atoms with van der Waals surface area (Å²) in [6.45, 7) is 4.71. The van der Waals surface area contributed by atoms with Crippen molar-refractivity contribution < 1.29 is 4.74 Å². The van der Waals surface area contributed by atoms with Crippen LogP contribution in [0.2, 0.25) is 0 Å². The van der Waals surface area contributed by atoms with E-state index in [-0.39, 0.29) is 5.41 Å². The summed E-state index contributed by atoms with van der Waals surface area (Å²) in [5, 5.41) is 2.35. The fraction of sp³-hybridized carbons (Fsp3) is 0.0612. The van der Waals surface area contributed by atoms with E-state index in [9.17, 15) is 0 Å². The van der Waals surface area contributed by atoms with Gasteiger partial charge in [0, 0.05) is 27.7 Å². The molecule has 2 heterocycles. The molecule has 8 aromatic carbocycles. The second-order valence-corrected chi connectivity index (χ2v) is 14.2. The van der Waals surface area contributed by atoms with E-state index < -0.39 is 0 Å². The summed E-state index contributed by atoms with van der Waals surface area (Å²) >= 11 is 0. The Kier molecular flexibility index (Phi) is 6.84. The van der Waals surface area contributed by atoms with Gasteiger partial charge in [-0.1, -0.05) is 147 Å². The largest absolute Gasteiger partial charge is 0.453 e. The minimum atomic E-state index is -0.356. The predicted octanol–water partition coefficient (Wildman–Crippen LogP) is 13.9. The SMILES string of the molecule is CC1(C)c2cccc3c2N(c2cccc(N(c4ccc(-c5ccccc5)cc4)c4ccc(-c5ccccc5)cc4)c21)c1c(ccc2ccccc12)O3. The molecular weight excluding hydrogens is 633 g/mol. The Morgan fingerprint density at radius 1 is 0.462 bits per heavy atom. The van der Waals surface area contributed by atoms with Gasteiger partial charge in [-0.3, -0.25) is 0 Å². The summed E-state index contributed by atoms with van der Waals surface area (Å²) in [5.41, 5.74) is 13.6. The first-order chi connectivity index (χ1) is 25.6. The van der Waals surface area contributed by atoms with Gasteiger partial charge < -0.3 is 14.5 Å². The zero-order chi connectivity index (χ0) is 34.8. The van der Waals surface area contributed by atoms with Gasteiger partial charge in [0.1, 0.15) is 0 Å². The quantitative estimate of drug-likeness (QED) is 0.182. The average Bonchev–Trinajstić information content (AvgIpc) is 3.20. The topological polar surface area (TPSA) is 15.7 Å². The Hall–Kier alpha value is -6.58. The zero-order valence-corrected chi connectivity index (χ0v) is 29.1. The van der Waals surface area contributed by atoms with Crippen LogP contribution >= 0.6 is 0 Å². The van der Waals surface area contributed by atoms with Crippen LogP contribution in [-0.4, -0.2) is 0 Å². The number of nitrogens with zero attached hydrogens (tertiary/aromatic N) is 2. The molecule has 0 spiro atoms. The van der Waals surface area contributed by atoms with Crippen molar-refractivity contribution in [2.45, 2.75) is 19.3 Å². The fourth-order valence-corrected chi connectivity index (χ4v) is 8.33. The van der Waals surface area contributed by atoms with Gasteiger partial charge in [-0.2, -0.15) is 0 Å². The van der Waals surface area contributed by atoms with Crippen LogP contribution in [0.4, 0.5) is 34.1 Å². The lowest BCUT2D eigenvalue weighted by molar-refractivity contribution is 0.472. The number of fused-ring (bicyclic) bond motifs is 6. The third-order valence-corrected chi connectivity index (χ3v) is 10.8. The normalized spacial score (nSPS) is 13.5. The smallest absolute Gasteiger partial charge is 0.152 e. The van der Waals surface area contributed by atoms with Crippen molar-refractivity contribution in [2.75, 3.05) is 9.80 Å². The van der Waals surface area contributed by atoms with Gasteiger partial charge in [0.15, 0.2) is 11.5 Å². The molecule has 10 rings (SSSR count). The maximum Gasteiger partial charge on any atom is 0.152 e. The van der Waals surface area contributed by atoms with Gasteiger partial charge in [0.2, 0.25) is 0 Å². The molecule has 0 aromatic heterocycles. The molecule has 0 amide bonds. The minimum Gasteiger partial charge on any atom is -0.453 e. The summed E-state index contributed by atoms with van der Waals surface area (Å²) in [6, 6.07) is 65.4. The lowest BCUT2D eigenvalue weighted by Crippen LogP contribution is -2.34. The maximum absolute atomic E-state index is 6.70. The molecule has 2 aliphatic heterocycles. The standard InChI is InChI=1S/C49H36N2O/c1-49(2)41-19-11-22-44-48(41)51(47-40-18-10-9-17-37(40)27-32-45(47)52-44)43-21-12-20-42(46(43)49)50(38-28-23-35(24-29-38)33-13-5-3-6-14-33)39-30-25-36(26-31-39)34-15-7-4-8-16-34/h3-32H,1-2H3. The predicted molar refractivity (Wildman–Crippen MR) is 216 cm³/mol. The molecular formula is C49H36N2O. The molecule has 0 bridgehead atoms. The third kappa shape index (κ3) is 4.66. The molecule has 52 heavy (non-hydrogen) atoms. The Bertz CT molecular complexity index is 2530. The number of anilines is 6. The lowest BCUT2D eigenvalue weighted by atomic mass is 9.72. The van der Waals surface area contributed by atoms with E-state index in [1.807, 2.05) is 0 Å². The van der Waals surface area contributed by atoms with E-state index in [0.29, 0.717) is 0 Å². The highest BCUT2D eigenvalue weighted by molar-refractivity contribution is 6.07. The Balaban J connectivity index is 1.21. The van der Waals surface area contributed by atoms with E-state index in [4.69, 9.17) is 4.74 Å². The van der Waals surface area contributed by atoms with Crippen molar-refractivity contribution in [3.05, 3.63) is 193 Å². The molecule has 248 valence electrons. The molecule has 0 unspecified atom stereocenters. The monoisotopic (exact) mass is 668 g/mol. The maximum atomic E-state index is 6.70. The van der Waals surface area contributed by atoms with Crippen LogP contribution in [0.15, 0.2) is 182 Å². The second-order valence-electron chi connectivity index (χ2n) is 14.2. The summed E-state index contributed by atoms with van der Waals surface area (Å²) < 4.78 is 6.70. The van der Waals surface area contributed by atoms with Gasteiger partial charge in [-0.25, -0.2) is 0 Å². The Morgan fingerprint density at radius 2 is 1.02 bits per heavy atom. The zero-order valence-electron chi connectivity index (χ0n) is 29.1.